The van der Waals surface area contributed by atoms with E-state index in [-0.39, 0.29) is 6.04 Å². The molecular weight excluding hydrogens is 178 g/mol. The molecule has 0 radical (unpaired) electrons. The fourth-order valence-corrected chi connectivity index (χ4v) is 1.60. The van der Waals surface area contributed by atoms with Crippen molar-refractivity contribution in [3.63, 3.8) is 0 Å². The maximum Gasteiger partial charge on any atom is 0.0658 e. The van der Waals surface area contributed by atoms with Crippen LogP contribution in [-0.4, -0.2) is 24.6 Å². The van der Waals surface area contributed by atoms with Crippen LogP contribution >= 0.6 is 11.8 Å². The highest BCUT2D eigenvalue weighted by Crippen LogP contribution is 2.03. The third-order valence-electron chi connectivity index (χ3n) is 1.98. The van der Waals surface area contributed by atoms with E-state index in [9.17, 15) is 0 Å². The second-order valence-corrected chi connectivity index (χ2v) is 4.24. The van der Waals surface area contributed by atoms with Gasteiger partial charge in [0.15, 0.2) is 0 Å². The molecule has 0 aromatic carbocycles. The Kier molecular flexibility index (Phi) is 9.85. The van der Waals surface area contributed by atoms with E-state index in [2.05, 4.69) is 17.5 Å². The van der Waals surface area contributed by atoms with E-state index in [1.807, 2.05) is 18.7 Å². The highest BCUT2D eigenvalue weighted by molar-refractivity contribution is 7.98. The molecule has 0 rings (SSSR count). The summed E-state index contributed by atoms with van der Waals surface area (Å²) in [6.07, 6.45) is 12.7. The fourth-order valence-electron chi connectivity index (χ4n) is 1.10. The molecule has 0 spiro atoms. The van der Waals surface area contributed by atoms with E-state index in [4.69, 9.17) is 6.42 Å². The molecule has 0 saturated heterocycles. The lowest BCUT2D eigenvalue weighted by atomic mass is 10.2. The molecule has 2 heteroatoms. The summed E-state index contributed by atoms with van der Waals surface area (Å²) in [5.74, 6) is 3.96. The van der Waals surface area contributed by atoms with Crippen molar-refractivity contribution in [3.05, 3.63) is 0 Å². The largest absolute Gasteiger partial charge is 0.304 e. The minimum atomic E-state index is 0.228. The zero-order valence-corrected chi connectivity index (χ0v) is 9.62. The lowest BCUT2D eigenvalue weighted by molar-refractivity contribution is 0.580. The Morgan fingerprint density at radius 3 is 2.62 bits per heavy atom. The standard InChI is InChI=1S/C11H21NS/c1-4-11(2)12-9-7-5-6-8-10-13-3/h1,11-12H,5-10H2,2-3H3. The summed E-state index contributed by atoms with van der Waals surface area (Å²) in [6.45, 7) is 3.08. The average molecular weight is 199 g/mol. The second kappa shape index (κ2) is 9.95. The molecule has 0 fully saturated rings. The van der Waals surface area contributed by atoms with Crippen molar-refractivity contribution < 1.29 is 0 Å². The predicted octanol–water partition coefficient (Wildman–Crippen LogP) is 2.52. The van der Waals surface area contributed by atoms with Crippen molar-refractivity contribution in [1.29, 1.82) is 0 Å². The minimum Gasteiger partial charge on any atom is -0.304 e. The van der Waals surface area contributed by atoms with Crippen LogP contribution in [0.25, 0.3) is 0 Å². The van der Waals surface area contributed by atoms with E-state index >= 15 is 0 Å². The minimum absolute atomic E-state index is 0.228. The number of thioether (sulfide) groups is 1. The maximum absolute atomic E-state index is 5.24. The Balaban J connectivity index is 2.96. The van der Waals surface area contributed by atoms with Crippen molar-refractivity contribution in [2.45, 2.75) is 38.6 Å². The Morgan fingerprint density at radius 1 is 1.31 bits per heavy atom. The molecule has 76 valence electrons. The summed E-state index contributed by atoms with van der Waals surface area (Å²) in [6, 6.07) is 0.228. The first-order valence-electron chi connectivity index (χ1n) is 4.99. The van der Waals surface area contributed by atoms with Crippen LogP contribution < -0.4 is 5.32 Å². The summed E-state index contributed by atoms with van der Waals surface area (Å²) >= 11 is 1.93. The summed E-state index contributed by atoms with van der Waals surface area (Å²) in [5, 5.41) is 3.28. The van der Waals surface area contributed by atoms with Gasteiger partial charge < -0.3 is 5.32 Å². The number of terminal acetylenes is 1. The van der Waals surface area contributed by atoms with E-state index < -0.39 is 0 Å². The number of unbranched alkanes of at least 4 members (excludes halogenated alkanes) is 3. The highest BCUT2D eigenvalue weighted by Gasteiger charge is 1.94. The molecule has 0 amide bonds. The topological polar surface area (TPSA) is 12.0 Å². The molecule has 0 saturated carbocycles. The van der Waals surface area contributed by atoms with Crippen molar-refractivity contribution in [1.82, 2.24) is 5.32 Å². The molecule has 0 aromatic heterocycles. The van der Waals surface area contributed by atoms with Crippen LogP contribution in [0, 0.1) is 12.3 Å². The zero-order valence-electron chi connectivity index (χ0n) is 8.81. The molecule has 0 heterocycles. The van der Waals surface area contributed by atoms with Crippen LogP contribution in [0.1, 0.15) is 32.6 Å². The molecule has 0 aromatic rings. The van der Waals surface area contributed by atoms with Crippen LogP contribution in [0.5, 0.6) is 0 Å². The zero-order chi connectivity index (χ0) is 9.94. The van der Waals surface area contributed by atoms with E-state index in [1.54, 1.807) is 0 Å². The third-order valence-corrected chi connectivity index (χ3v) is 2.67. The van der Waals surface area contributed by atoms with E-state index in [1.165, 1.54) is 31.4 Å². The second-order valence-electron chi connectivity index (χ2n) is 3.25. The first kappa shape index (κ1) is 12.9. The van der Waals surface area contributed by atoms with Gasteiger partial charge in [-0.15, -0.1) is 6.42 Å². The van der Waals surface area contributed by atoms with Gasteiger partial charge in [0.05, 0.1) is 6.04 Å². The number of rotatable bonds is 8. The first-order valence-corrected chi connectivity index (χ1v) is 6.39. The van der Waals surface area contributed by atoms with Gasteiger partial charge in [0.1, 0.15) is 0 Å². The van der Waals surface area contributed by atoms with Crippen molar-refractivity contribution >= 4 is 11.8 Å². The molecule has 0 aliphatic heterocycles. The molecule has 0 aliphatic rings. The van der Waals surface area contributed by atoms with E-state index in [0.717, 1.165) is 6.54 Å². The SMILES string of the molecule is C#CC(C)NCCCCCCSC. The molecule has 13 heavy (non-hydrogen) atoms. The molecule has 1 nitrogen and oxygen atoms in total. The van der Waals surface area contributed by atoms with Gasteiger partial charge in [-0.25, -0.2) is 0 Å². The van der Waals surface area contributed by atoms with Gasteiger partial charge in [0, 0.05) is 0 Å². The van der Waals surface area contributed by atoms with Crippen molar-refractivity contribution in [3.8, 4) is 12.3 Å². The van der Waals surface area contributed by atoms with Crippen LogP contribution in [0.2, 0.25) is 0 Å². The highest BCUT2D eigenvalue weighted by atomic mass is 32.2. The summed E-state index contributed by atoms with van der Waals surface area (Å²) in [4.78, 5) is 0. The van der Waals surface area contributed by atoms with Crippen molar-refractivity contribution in [2.75, 3.05) is 18.6 Å². The van der Waals surface area contributed by atoms with Gasteiger partial charge >= 0.3 is 0 Å². The third kappa shape index (κ3) is 9.79. The van der Waals surface area contributed by atoms with Crippen molar-refractivity contribution in [2.24, 2.45) is 0 Å². The Bertz CT molecular complexity index is 140. The Morgan fingerprint density at radius 2 is 2.00 bits per heavy atom. The lowest BCUT2D eigenvalue weighted by Gasteiger charge is -2.06. The van der Waals surface area contributed by atoms with Crippen LogP contribution in [-0.2, 0) is 0 Å². The molecule has 1 N–H and O–H groups in total. The van der Waals surface area contributed by atoms with Gasteiger partial charge in [-0.2, -0.15) is 11.8 Å². The van der Waals surface area contributed by atoms with Gasteiger partial charge in [0.25, 0.3) is 0 Å². The van der Waals surface area contributed by atoms with Gasteiger partial charge in [-0.05, 0) is 38.3 Å². The summed E-state index contributed by atoms with van der Waals surface area (Å²) in [5.41, 5.74) is 0. The smallest absolute Gasteiger partial charge is 0.0658 e. The summed E-state index contributed by atoms with van der Waals surface area (Å²) < 4.78 is 0. The number of hydrogen-bond donors (Lipinski definition) is 1. The average Bonchev–Trinajstić information content (AvgIpc) is 2.16. The number of nitrogens with one attached hydrogen (secondary N) is 1. The Hall–Kier alpha value is -0.130. The quantitative estimate of drug-likeness (QED) is 0.476. The van der Waals surface area contributed by atoms with E-state index in [0.29, 0.717) is 0 Å². The van der Waals surface area contributed by atoms with Gasteiger partial charge in [0.2, 0.25) is 0 Å². The lowest BCUT2D eigenvalue weighted by Crippen LogP contribution is -2.25. The molecule has 1 atom stereocenters. The van der Waals surface area contributed by atoms with Crippen LogP contribution in [0.15, 0.2) is 0 Å². The summed E-state index contributed by atoms with van der Waals surface area (Å²) in [7, 11) is 0. The maximum atomic E-state index is 5.24. The fraction of sp³-hybridized carbons (Fsp3) is 0.818. The number of hydrogen-bond acceptors (Lipinski definition) is 2. The molecule has 1 unspecified atom stereocenters. The monoisotopic (exact) mass is 199 g/mol. The van der Waals surface area contributed by atoms with Gasteiger partial charge in [-0.1, -0.05) is 18.8 Å². The predicted molar refractivity (Wildman–Crippen MR) is 63.1 cm³/mol. The molecule has 0 aliphatic carbocycles. The van der Waals surface area contributed by atoms with Gasteiger partial charge in [-0.3, -0.25) is 0 Å². The van der Waals surface area contributed by atoms with Crippen LogP contribution in [0.3, 0.4) is 0 Å². The first-order chi connectivity index (χ1) is 6.31. The molecular formula is C11H21NS. The normalized spacial score (nSPS) is 12.4. The molecule has 0 bridgehead atoms. The Labute approximate surface area is 87.1 Å². The van der Waals surface area contributed by atoms with Crippen LogP contribution in [0.4, 0.5) is 0 Å².